The third-order valence-electron chi connectivity index (χ3n) is 4.26. The number of carbonyl (C=O) groups is 1. The van der Waals surface area contributed by atoms with Gasteiger partial charge in [0.2, 0.25) is 5.95 Å². The Labute approximate surface area is 168 Å². The number of ether oxygens (including phenoxy) is 1. The van der Waals surface area contributed by atoms with Crippen LogP contribution in [-0.4, -0.2) is 23.0 Å². The number of hydrogen-bond acceptors (Lipinski definition) is 5. The van der Waals surface area contributed by atoms with Crippen molar-refractivity contribution in [3.63, 3.8) is 0 Å². The van der Waals surface area contributed by atoms with Crippen LogP contribution in [-0.2, 0) is 0 Å². The average molecular weight is 397 g/mol. The van der Waals surface area contributed by atoms with E-state index in [9.17, 15) is 4.79 Å². The lowest BCUT2D eigenvalue weighted by Crippen LogP contribution is -2.15. The number of halogens is 1. The molecule has 0 fully saturated rings. The van der Waals surface area contributed by atoms with Gasteiger partial charge in [-0.15, -0.1) is 0 Å². The molecule has 3 rings (SSSR count). The van der Waals surface area contributed by atoms with Crippen molar-refractivity contribution in [2.75, 3.05) is 17.7 Å². The van der Waals surface area contributed by atoms with E-state index in [1.54, 1.807) is 38.3 Å². The smallest absolute Gasteiger partial charge is 0.274 e. The number of aromatic nitrogens is 2. The fraction of sp³-hybridized carbons (Fsp3) is 0.190. The molecule has 0 saturated heterocycles. The van der Waals surface area contributed by atoms with Gasteiger partial charge in [-0.3, -0.25) is 4.79 Å². The number of methoxy groups -OCH3 is 1. The molecule has 0 saturated carbocycles. The third-order valence-corrected chi connectivity index (χ3v) is 4.55. The van der Waals surface area contributed by atoms with E-state index in [4.69, 9.17) is 16.3 Å². The Balaban J connectivity index is 1.81. The number of aryl methyl sites for hydroxylation is 3. The van der Waals surface area contributed by atoms with Crippen molar-refractivity contribution in [3.05, 3.63) is 70.0 Å². The van der Waals surface area contributed by atoms with Gasteiger partial charge in [0.1, 0.15) is 11.4 Å². The number of anilines is 3. The van der Waals surface area contributed by atoms with Crippen LogP contribution in [0, 0.1) is 20.8 Å². The molecule has 0 aliphatic rings. The molecule has 3 aromatic rings. The highest BCUT2D eigenvalue weighted by Gasteiger charge is 2.12. The van der Waals surface area contributed by atoms with Crippen molar-refractivity contribution in [3.8, 4) is 5.75 Å². The standard InChI is InChI=1S/C21H21ClN4O2/c1-12-5-6-15(9-13(12)2)24-20(27)18-10-14(3)23-21(26-18)25-16-7-8-19(28-4)17(22)11-16/h5-11H,1-4H3,(H,24,27)(H,23,25,26). The maximum absolute atomic E-state index is 12.6. The van der Waals surface area contributed by atoms with Crippen molar-refractivity contribution in [2.45, 2.75) is 20.8 Å². The largest absolute Gasteiger partial charge is 0.495 e. The van der Waals surface area contributed by atoms with E-state index in [0.717, 1.165) is 11.3 Å². The molecule has 1 amide bonds. The first-order chi connectivity index (χ1) is 13.4. The number of carbonyl (C=O) groups excluding carboxylic acids is 1. The normalized spacial score (nSPS) is 10.5. The van der Waals surface area contributed by atoms with E-state index in [1.165, 1.54) is 5.56 Å². The van der Waals surface area contributed by atoms with E-state index in [2.05, 4.69) is 20.6 Å². The molecule has 0 bridgehead atoms. The van der Waals surface area contributed by atoms with Gasteiger partial charge in [-0.05, 0) is 68.3 Å². The summed E-state index contributed by atoms with van der Waals surface area (Å²) in [6.07, 6.45) is 0. The molecule has 0 unspecified atom stereocenters. The summed E-state index contributed by atoms with van der Waals surface area (Å²) in [6, 6.07) is 12.7. The van der Waals surface area contributed by atoms with Gasteiger partial charge in [0.05, 0.1) is 12.1 Å². The third kappa shape index (κ3) is 4.58. The molecule has 7 heteroatoms. The van der Waals surface area contributed by atoms with E-state index in [1.807, 2.05) is 32.0 Å². The van der Waals surface area contributed by atoms with Gasteiger partial charge in [-0.25, -0.2) is 9.97 Å². The second-order valence-corrected chi connectivity index (χ2v) is 6.85. The van der Waals surface area contributed by atoms with E-state index in [0.29, 0.717) is 28.1 Å². The van der Waals surface area contributed by atoms with Gasteiger partial charge < -0.3 is 15.4 Å². The second-order valence-electron chi connectivity index (χ2n) is 6.45. The van der Waals surface area contributed by atoms with Gasteiger partial charge in [-0.2, -0.15) is 0 Å². The van der Waals surface area contributed by atoms with Gasteiger partial charge in [0.15, 0.2) is 0 Å². The number of rotatable bonds is 5. The molecule has 0 aliphatic heterocycles. The van der Waals surface area contributed by atoms with Gasteiger partial charge in [-0.1, -0.05) is 17.7 Å². The molecule has 0 atom stereocenters. The minimum absolute atomic E-state index is 0.271. The Morgan fingerprint density at radius 2 is 1.71 bits per heavy atom. The Morgan fingerprint density at radius 3 is 2.39 bits per heavy atom. The predicted octanol–water partition coefficient (Wildman–Crippen LogP) is 5.06. The lowest BCUT2D eigenvalue weighted by Gasteiger charge is -2.11. The van der Waals surface area contributed by atoms with Crippen LogP contribution in [0.4, 0.5) is 17.3 Å². The SMILES string of the molecule is COc1ccc(Nc2nc(C)cc(C(=O)Nc3ccc(C)c(C)c3)n2)cc1Cl. The van der Waals surface area contributed by atoms with Crippen LogP contribution in [0.5, 0.6) is 5.75 Å². The van der Waals surface area contributed by atoms with Crippen molar-refractivity contribution in [1.82, 2.24) is 9.97 Å². The molecule has 1 aromatic heterocycles. The summed E-state index contributed by atoms with van der Waals surface area (Å²) in [7, 11) is 1.55. The van der Waals surface area contributed by atoms with Crippen LogP contribution in [0.15, 0.2) is 42.5 Å². The second kappa shape index (κ2) is 8.27. The molecule has 0 aliphatic carbocycles. The Bertz CT molecular complexity index is 1040. The van der Waals surface area contributed by atoms with Crippen LogP contribution in [0.25, 0.3) is 0 Å². The fourth-order valence-electron chi connectivity index (χ4n) is 2.63. The van der Waals surface area contributed by atoms with Gasteiger partial charge in [0, 0.05) is 17.1 Å². The summed E-state index contributed by atoms with van der Waals surface area (Å²) in [5.41, 5.74) is 4.63. The summed E-state index contributed by atoms with van der Waals surface area (Å²) in [6.45, 7) is 5.83. The summed E-state index contributed by atoms with van der Waals surface area (Å²) < 4.78 is 5.15. The van der Waals surface area contributed by atoms with Gasteiger partial charge in [0.25, 0.3) is 5.91 Å². The molecule has 0 spiro atoms. The lowest BCUT2D eigenvalue weighted by atomic mass is 10.1. The highest BCUT2D eigenvalue weighted by atomic mass is 35.5. The Kier molecular flexibility index (Phi) is 5.80. The molecule has 2 N–H and O–H groups in total. The average Bonchev–Trinajstić information content (AvgIpc) is 2.64. The zero-order chi connectivity index (χ0) is 20.3. The Hall–Kier alpha value is -3.12. The first kappa shape index (κ1) is 19.6. The number of benzene rings is 2. The lowest BCUT2D eigenvalue weighted by molar-refractivity contribution is 0.102. The van der Waals surface area contributed by atoms with E-state index in [-0.39, 0.29) is 11.6 Å². The molecule has 144 valence electrons. The van der Waals surface area contributed by atoms with Crippen LogP contribution in [0.3, 0.4) is 0 Å². The molecular formula is C21H21ClN4O2. The molecule has 6 nitrogen and oxygen atoms in total. The van der Waals surface area contributed by atoms with Crippen molar-refractivity contribution in [2.24, 2.45) is 0 Å². The van der Waals surface area contributed by atoms with Crippen LogP contribution < -0.4 is 15.4 Å². The maximum atomic E-state index is 12.6. The zero-order valence-corrected chi connectivity index (χ0v) is 16.9. The number of hydrogen-bond donors (Lipinski definition) is 2. The summed E-state index contributed by atoms with van der Waals surface area (Å²) in [5.74, 6) is 0.585. The molecule has 0 radical (unpaired) electrons. The monoisotopic (exact) mass is 396 g/mol. The number of nitrogens with zero attached hydrogens (tertiary/aromatic N) is 2. The van der Waals surface area contributed by atoms with Crippen LogP contribution in [0.1, 0.15) is 27.3 Å². The first-order valence-electron chi connectivity index (χ1n) is 8.70. The summed E-state index contributed by atoms with van der Waals surface area (Å²) in [5, 5.41) is 6.41. The van der Waals surface area contributed by atoms with Crippen LogP contribution >= 0.6 is 11.6 Å². The van der Waals surface area contributed by atoms with Crippen molar-refractivity contribution in [1.29, 1.82) is 0 Å². The Morgan fingerprint density at radius 1 is 0.964 bits per heavy atom. The van der Waals surface area contributed by atoms with Crippen molar-refractivity contribution >= 4 is 34.8 Å². The highest BCUT2D eigenvalue weighted by Crippen LogP contribution is 2.28. The number of amides is 1. The van der Waals surface area contributed by atoms with Crippen LogP contribution in [0.2, 0.25) is 5.02 Å². The zero-order valence-electron chi connectivity index (χ0n) is 16.1. The van der Waals surface area contributed by atoms with Crippen molar-refractivity contribution < 1.29 is 9.53 Å². The molecule has 2 aromatic carbocycles. The number of nitrogens with one attached hydrogen (secondary N) is 2. The fourth-order valence-corrected chi connectivity index (χ4v) is 2.89. The minimum Gasteiger partial charge on any atom is -0.495 e. The summed E-state index contributed by atoms with van der Waals surface area (Å²) in [4.78, 5) is 21.3. The molecule has 28 heavy (non-hydrogen) atoms. The quantitative estimate of drug-likeness (QED) is 0.630. The first-order valence-corrected chi connectivity index (χ1v) is 9.08. The minimum atomic E-state index is -0.301. The van der Waals surface area contributed by atoms with Gasteiger partial charge >= 0.3 is 0 Å². The maximum Gasteiger partial charge on any atom is 0.274 e. The predicted molar refractivity (Wildman–Crippen MR) is 112 cm³/mol. The molecular weight excluding hydrogens is 376 g/mol. The van der Waals surface area contributed by atoms with E-state index >= 15 is 0 Å². The topological polar surface area (TPSA) is 76.1 Å². The van der Waals surface area contributed by atoms with E-state index < -0.39 is 0 Å². The molecule has 1 heterocycles. The summed E-state index contributed by atoms with van der Waals surface area (Å²) >= 11 is 6.15. The highest BCUT2D eigenvalue weighted by molar-refractivity contribution is 6.32.